The lowest BCUT2D eigenvalue weighted by molar-refractivity contribution is -0.137. The number of carbonyl (C=O) groups is 2. The average molecular weight is 586 g/mol. The fraction of sp³-hybridized carbons (Fsp3) is 0.192. The lowest BCUT2D eigenvalue weighted by Gasteiger charge is -2.09. The third kappa shape index (κ3) is 5.70. The van der Waals surface area contributed by atoms with E-state index in [1.165, 1.54) is 12.4 Å². The SMILES string of the molecule is CC(CC(=O)c1cnn2cc(-c3cnc(N)nc3)ccc12)c1ncc(C(=O)Cc2cc(C(F)(F)F)c(Cl)cn2)s1. The number of anilines is 1. The van der Waals surface area contributed by atoms with E-state index in [4.69, 9.17) is 17.3 Å². The summed E-state index contributed by atoms with van der Waals surface area (Å²) in [6.45, 7) is 1.81. The van der Waals surface area contributed by atoms with E-state index in [0.717, 1.165) is 34.7 Å². The van der Waals surface area contributed by atoms with Gasteiger partial charge in [0.1, 0.15) is 0 Å². The average Bonchev–Trinajstić information content (AvgIpc) is 3.57. The lowest BCUT2D eigenvalue weighted by atomic mass is 10.0. The normalized spacial score (nSPS) is 12.5. The third-order valence-corrected chi connectivity index (χ3v) is 7.66. The summed E-state index contributed by atoms with van der Waals surface area (Å²) in [4.78, 5) is 42.2. The molecule has 2 N–H and O–H groups in total. The van der Waals surface area contributed by atoms with Gasteiger partial charge in [-0.05, 0) is 12.1 Å². The van der Waals surface area contributed by atoms with Gasteiger partial charge in [-0.2, -0.15) is 18.3 Å². The van der Waals surface area contributed by atoms with E-state index < -0.39 is 22.5 Å². The molecule has 5 aromatic rings. The monoisotopic (exact) mass is 585 g/mol. The summed E-state index contributed by atoms with van der Waals surface area (Å²) >= 11 is 6.70. The number of hydrogen-bond acceptors (Lipinski definition) is 9. The second-order valence-corrected chi connectivity index (χ2v) is 10.4. The maximum atomic E-state index is 13.1. The van der Waals surface area contributed by atoms with Crippen LogP contribution in [0.25, 0.3) is 16.6 Å². The summed E-state index contributed by atoms with van der Waals surface area (Å²) in [5.41, 5.74) is 7.05. The van der Waals surface area contributed by atoms with Crippen molar-refractivity contribution >= 4 is 46.0 Å². The number of carbonyl (C=O) groups excluding carboxylic acids is 2. The highest BCUT2D eigenvalue weighted by atomic mass is 35.5. The molecule has 40 heavy (non-hydrogen) atoms. The van der Waals surface area contributed by atoms with Crippen molar-refractivity contribution in [3.05, 3.63) is 87.1 Å². The van der Waals surface area contributed by atoms with Crippen molar-refractivity contribution in [2.75, 3.05) is 5.73 Å². The van der Waals surface area contributed by atoms with Crippen LogP contribution in [0.3, 0.4) is 0 Å². The number of pyridine rings is 2. The van der Waals surface area contributed by atoms with E-state index in [-0.39, 0.29) is 41.1 Å². The first-order valence-electron chi connectivity index (χ1n) is 11.8. The smallest absolute Gasteiger partial charge is 0.368 e. The van der Waals surface area contributed by atoms with Gasteiger partial charge in [-0.25, -0.2) is 19.5 Å². The number of ketones is 2. The predicted molar refractivity (Wildman–Crippen MR) is 142 cm³/mol. The maximum absolute atomic E-state index is 13.1. The molecular formula is C26H19ClF3N7O2S. The van der Waals surface area contributed by atoms with E-state index >= 15 is 0 Å². The first kappa shape index (κ1) is 27.3. The molecule has 5 aromatic heterocycles. The van der Waals surface area contributed by atoms with Crippen molar-refractivity contribution in [1.82, 2.24) is 29.5 Å². The van der Waals surface area contributed by atoms with Crippen molar-refractivity contribution in [2.45, 2.75) is 31.9 Å². The molecule has 0 spiro atoms. The second-order valence-electron chi connectivity index (χ2n) is 8.98. The molecule has 5 rings (SSSR count). The molecule has 0 amide bonds. The zero-order valence-corrected chi connectivity index (χ0v) is 22.3. The second kappa shape index (κ2) is 10.7. The minimum Gasteiger partial charge on any atom is -0.368 e. The number of fused-ring (bicyclic) bond motifs is 1. The van der Waals surface area contributed by atoms with Crippen LogP contribution >= 0.6 is 22.9 Å². The Balaban J connectivity index is 1.27. The summed E-state index contributed by atoms with van der Waals surface area (Å²) in [5.74, 6) is -0.735. The van der Waals surface area contributed by atoms with Crippen LogP contribution in [0.1, 0.15) is 55.6 Å². The van der Waals surface area contributed by atoms with E-state index in [2.05, 4.69) is 25.0 Å². The van der Waals surface area contributed by atoms with Crippen molar-refractivity contribution in [2.24, 2.45) is 0 Å². The van der Waals surface area contributed by atoms with Gasteiger partial charge in [0, 0.05) is 60.1 Å². The van der Waals surface area contributed by atoms with Gasteiger partial charge in [0.25, 0.3) is 0 Å². The van der Waals surface area contributed by atoms with Crippen LogP contribution in [0.5, 0.6) is 0 Å². The van der Waals surface area contributed by atoms with Crippen molar-refractivity contribution in [1.29, 1.82) is 0 Å². The third-order valence-electron chi connectivity index (χ3n) is 6.09. The Morgan fingerprint density at radius 3 is 2.50 bits per heavy atom. The summed E-state index contributed by atoms with van der Waals surface area (Å²) in [6.07, 6.45) is 3.81. The zero-order chi connectivity index (χ0) is 28.6. The molecule has 0 radical (unpaired) electrons. The summed E-state index contributed by atoms with van der Waals surface area (Å²) < 4.78 is 41.0. The fourth-order valence-corrected chi connectivity index (χ4v) is 5.14. The Morgan fingerprint density at radius 1 is 1.02 bits per heavy atom. The molecule has 0 fully saturated rings. The molecule has 0 aliphatic rings. The molecule has 0 aliphatic heterocycles. The summed E-state index contributed by atoms with van der Waals surface area (Å²) in [6, 6.07) is 4.38. The first-order valence-corrected chi connectivity index (χ1v) is 13.0. The highest BCUT2D eigenvalue weighted by Crippen LogP contribution is 2.35. The molecule has 0 saturated heterocycles. The Labute approximate surface area is 233 Å². The largest absolute Gasteiger partial charge is 0.417 e. The van der Waals surface area contributed by atoms with Gasteiger partial charge in [0.15, 0.2) is 11.6 Å². The van der Waals surface area contributed by atoms with Crippen LogP contribution in [0.4, 0.5) is 19.1 Å². The number of aromatic nitrogens is 6. The number of halogens is 4. The van der Waals surface area contributed by atoms with E-state index in [1.807, 2.05) is 13.0 Å². The molecule has 1 atom stereocenters. The van der Waals surface area contributed by atoms with Gasteiger partial charge in [-0.15, -0.1) is 11.3 Å². The molecule has 5 heterocycles. The van der Waals surface area contributed by atoms with Gasteiger partial charge in [-0.1, -0.05) is 24.6 Å². The van der Waals surface area contributed by atoms with Crippen molar-refractivity contribution in [3.8, 4) is 11.1 Å². The number of nitrogens with two attached hydrogens (primary N) is 1. The summed E-state index contributed by atoms with van der Waals surface area (Å²) in [7, 11) is 0. The van der Waals surface area contributed by atoms with Crippen LogP contribution in [0, 0.1) is 0 Å². The van der Waals surface area contributed by atoms with E-state index in [0.29, 0.717) is 16.1 Å². The number of rotatable bonds is 8. The Kier molecular flexibility index (Phi) is 7.34. The number of hydrogen-bond donors (Lipinski definition) is 1. The molecule has 0 aromatic carbocycles. The van der Waals surface area contributed by atoms with Crippen molar-refractivity contribution in [3.63, 3.8) is 0 Å². The molecule has 0 saturated carbocycles. The lowest BCUT2D eigenvalue weighted by Crippen LogP contribution is -2.10. The van der Waals surface area contributed by atoms with E-state index in [9.17, 15) is 22.8 Å². The standard InChI is InChI=1S/C26H19ClF3N7O2S/c1-13(24-33-11-23(40-24)22(39)6-16-5-18(26(28,29)30)19(27)10-32-16)4-21(38)17-9-36-37-12-14(2-3-20(17)37)15-7-34-25(31)35-8-15/h2-3,5,7-13H,4,6H2,1H3,(H2,31,34,35). The molecule has 1 unspecified atom stereocenters. The number of alkyl halides is 3. The first-order chi connectivity index (χ1) is 19.0. The topological polar surface area (TPSA) is 129 Å². The molecule has 9 nitrogen and oxygen atoms in total. The molecule has 0 aliphatic carbocycles. The zero-order valence-electron chi connectivity index (χ0n) is 20.7. The van der Waals surface area contributed by atoms with Crippen LogP contribution in [0.15, 0.2) is 55.4 Å². The maximum Gasteiger partial charge on any atom is 0.417 e. The number of nitrogens with zero attached hydrogens (tertiary/aromatic N) is 6. The van der Waals surface area contributed by atoms with Gasteiger partial charge in [-0.3, -0.25) is 14.6 Å². The molecule has 204 valence electrons. The van der Waals surface area contributed by atoms with Crippen LogP contribution in [-0.4, -0.2) is 41.1 Å². The van der Waals surface area contributed by atoms with Gasteiger partial charge >= 0.3 is 6.18 Å². The summed E-state index contributed by atoms with van der Waals surface area (Å²) in [5, 5.41) is 4.32. The predicted octanol–water partition coefficient (Wildman–Crippen LogP) is 5.70. The number of thiazole rings is 1. The Morgan fingerprint density at radius 2 is 1.77 bits per heavy atom. The Hall–Kier alpha value is -4.23. The highest BCUT2D eigenvalue weighted by molar-refractivity contribution is 7.13. The highest BCUT2D eigenvalue weighted by Gasteiger charge is 2.34. The quantitative estimate of drug-likeness (QED) is 0.230. The van der Waals surface area contributed by atoms with Gasteiger partial charge in [0.2, 0.25) is 5.95 Å². The minimum atomic E-state index is -4.66. The van der Waals surface area contributed by atoms with Crippen LogP contribution < -0.4 is 5.73 Å². The number of nitrogen functional groups attached to an aromatic ring is 1. The van der Waals surface area contributed by atoms with Gasteiger partial charge < -0.3 is 5.73 Å². The van der Waals surface area contributed by atoms with E-state index in [1.54, 1.807) is 29.2 Å². The molecule has 0 bridgehead atoms. The van der Waals surface area contributed by atoms with Gasteiger partial charge in [0.05, 0.1) is 44.2 Å². The Bertz CT molecular complexity index is 1730. The minimum absolute atomic E-state index is 0.0555. The van der Waals surface area contributed by atoms with Crippen LogP contribution in [-0.2, 0) is 12.6 Å². The molecule has 14 heteroatoms. The fourth-order valence-electron chi connectivity index (χ4n) is 4.02. The van der Waals surface area contributed by atoms with Crippen LogP contribution in [0.2, 0.25) is 5.02 Å². The van der Waals surface area contributed by atoms with Crippen molar-refractivity contribution < 1.29 is 22.8 Å². The number of Topliss-reactive ketones (excluding diaryl/α,β-unsaturated/α-hetero) is 2. The molecular weight excluding hydrogens is 567 g/mol.